The van der Waals surface area contributed by atoms with Crippen LogP contribution in [0.4, 0.5) is 17.2 Å². The number of aromatic nitrogens is 2. The zero-order chi connectivity index (χ0) is 18.7. The van der Waals surface area contributed by atoms with E-state index >= 15 is 0 Å². The van der Waals surface area contributed by atoms with Gasteiger partial charge in [0.2, 0.25) is 0 Å². The van der Waals surface area contributed by atoms with Gasteiger partial charge in [-0.3, -0.25) is 4.79 Å². The summed E-state index contributed by atoms with van der Waals surface area (Å²) in [5.74, 6) is 0.877. The molecule has 0 aliphatic carbocycles. The second-order valence-electron chi connectivity index (χ2n) is 6.40. The summed E-state index contributed by atoms with van der Waals surface area (Å²) in [6.45, 7) is 7.79. The lowest BCUT2D eigenvalue weighted by Gasteiger charge is -2.12. The van der Waals surface area contributed by atoms with Gasteiger partial charge in [-0.2, -0.15) is 0 Å². The van der Waals surface area contributed by atoms with Gasteiger partial charge in [-0.05, 0) is 51.0 Å². The summed E-state index contributed by atoms with van der Waals surface area (Å²) in [6, 6.07) is 15.5. The van der Waals surface area contributed by atoms with Crippen molar-refractivity contribution in [2.24, 2.45) is 0 Å². The van der Waals surface area contributed by atoms with E-state index in [9.17, 15) is 4.79 Å². The van der Waals surface area contributed by atoms with Gasteiger partial charge < -0.3 is 10.6 Å². The average molecular weight is 346 g/mol. The molecule has 1 heterocycles. The normalized spacial score (nSPS) is 10.5. The number of hydrogen-bond donors (Lipinski definition) is 2. The predicted molar refractivity (Wildman–Crippen MR) is 105 cm³/mol. The highest BCUT2D eigenvalue weighted by atomic mass is 16.1. The van der Waals surface area contributed by atoms with E-state index in [4.69, 9.17) is 0 Å². The Morgan fingerprint density at radius 3 is 2.35 bits per heavy atom. The van der Waals surface area contributed by atoms with Crippen molar-refractivity contribution in [3.8, 4) is 0 Å². The fraction of sp³-hybridized carbons (Fsp3) is 0.190. The van der Waals surface area contributed by atoms with Crippen LogP contribution in [-0.2, 0) is 0 Å². The van der Waals surface area contributed by atoms with E-state index in [0.717, 1.165) is 28.1 Å². The Balaban J connectivity index is 1.85. The van der Waals surface area contributed by atoms with Crippen LogP contribution in [0.2, 0.25) is 0 Å². The molecule has 1 aromatic heterocycles. The molecule has 3 aromatic rings. The SMILES string of the molecule is Cc1ccc(NC(=O)c2cc(Nc3ccccc3C)nc(C)n2)c(C)c1. The van der Waals surface area contributed by atoms with E-state index in [2.05, 4.69) is 20.6 Å². The second kappa shape index (κ2) is 7.35. The first-order valence-corrected chi connectivity index (χ1v) is 8.49. The Morgan fingerprint density at radius 2 is 1.62 bits per heavy atom. The summed E-state index contributed by atoms with van der Waals surface area (Å²) in [5.41, 5.74) is 5.33. The molecule has 0 radical (unpaired) electrons. The first-order chi connectivity index (χ1) is 12.4. The molecule has 3 rings (SSSR count). The third-order valence-corrected chi connectivity index (χ3v) is 4.11. The summed E-state index contributed by atoms with van der Waals surface area (Å²) in [7, 11) is 0. The highest BCUT2D eigenvalue weighted by Crippen LogP contribution is 2.20. The van der Waals surface area contributed by atoms with E-state index in [1.54, 1.807) is 13.0 Å². The van der Waals surface area contributed by atoms with E-state index in [-0.39, 0.29) is 5.91 Å². The molecule has 0 saturated carbocycles. The molecule has 0 spiro atoms. The summed E-state index contributed by atoms with van der Waals surface area (Å²) >= 11 is 0. The fourth-order valence-corrected chi connectivity index (χ4v) is 2.74. The van der Waals surface area contributed by atoms with Crippen LogP contribution in [0.15, 0.2) is 48.5 Å². The summed E-state index contributed by atoms with van der Waals surface area (Å²) in [5, 5.41) is 6.19. The van der Waals surface area contributed by atoms with Gasteiger partial charge in [0.15, 0.2) is 0 Å². The van der Waals surface area contributed by atoms with Crippen LogP contribution in [0.25, 0.3) is 0 Å². The molecule has 5 nitrogen and oxygen atoms in total. The number of carbonyl (C=O) groups excluding carboxylic acids is 1. The topological polar surface area (TPSA) is 66.9 Å². The van der Waals surface area contributed by atoms with Crippen LogP contribution in [0, 0.1) is 27.7 Å². The molecule has 1 amide bonds. The van der Waals surface area contributed by atoms with E-state index in [0.29, 0.717) is 17.3 Å². The van der Waals surface area contributed by atoms with E-state index in [1.807, 2.05) is 63.2 Å². The van der Waals surface area contributed by atoms with Crippen LogP contribution in [0.5, 0.6) is 0 Å². The summed E-state index contributed by atoms with van der Waals surface area (Å²) in [4.78, 5) is 21.3. The lowest BCUT2D eigenvalue weighted by atomic mass is 10.1. The van der Waals surface area contributed by atoms with Gasteiger partial charge in [0, 0.05) is 17.4 Å². The van der Waals surface area contributed by atoms with Crippen molar-refractivity contribution >= 4 is 23.1 Å². The average Bonchev–Trinajstić information content (AvgIpc) is 2.59. The van der Waals surface area contributed by atoms with Crippen molar-refractivity contribution in [2.45, 2.75) is 27.7 Å². The van der Waals surface area contributed by atoms with Crippen LogP contribution >= 0.6 is 0 Å². The van der Waals surface area contributed by atoms with Crippen LogP contribution in [-0.4, -0.2) is 15.9 Å². The van der Waals surface area contributed by atoms with Crippen molar-refractivity contribution in [3.05, 3.63) is 76.7 Å². The number of nitrogens with one attached hydrogen (secondary N) is 2. The number of amides is 1. The number of para-hydroxylation sites is 1. The number of nitrogens with zero attached hydrogens (tertiary/aromatic N) is 2. The first kappa shape index (κ1) is 17.6. The molecule has 132 valence electrons. The second-order valence-corrected chi connectivity index (χ2v) is 6.40. The van der Waals surface area contributed by atoms with Gasteiger partial charge in [0.25, 0.3) is 5.91 Å². The zero-order valence-electron chi connectivity index (χ0n) is 15.4. The summed E-state index contributed by atoms with van der Waals surface area (Å²) in [6.07, 6.45) is 0. The fourth-order valence-electron chi connectivity index (χ4n) is 2.74. The Kier molecular flexibility index (Phi) is 4.98. The molecular formula is C21H22N4O. The molecular weight excluding hydrogens is 324 g/mol. The maximum Gasteiger partial charge on any atom is 0.274 e. The molecule has 26 heavy (non-hydrogen) atoms. The smallest absolute Gasteiger partial charge is 0.274 e. The predicted octanol–water partition coefficient (Wildman–Crippen LogP) is 4.71. The number of anilines is 3. The molecule has 0 aliphatic heterocycles. The number of carbonyl (C=O) groups is 1. The van der Waals surface area contributed by atoms with E-state index < -0.39 is 0 Å². The van der Waals surface area contributed by atoms with Gasteiger partial charge >= 0.3 is 0 Å². The van der Waals surface area contributed by atoms with Crippen molar-refractivity contribution in [3.63, 3.8) is 0 Å². The Bertz CT molecular complexity index is 966. The molecule has 5 heteroatoms. The maximum atomic E-state index is 12.6. The summed E-state index contributed by atoms with van der Waals surface area (Å²) < 4.78 is 0. The van der Waals surface area contributed by atoms with Gasteiger partial charge in [-0.1, -0.05) is 35.9 Å². The Labute approximate surface area is 153 Å². The first-order valence-electron chi connectivity index (χ1n) is 8.49. The molecule has 0 saturated heterocycles. The van der Waals surface area contributed by atoms with Crippen molar-refractivity contribution in [1.82, 2.24) is 9.97 Å². The third-order valence-electron chi connectivity index (χ3n) is 4.11. The highest BCUT2D eigenvalue weighted by Gasteiger charge is 2.12. The largest absolute Gasteiger partial charge is 0.340 e. The van der Waals surface area contributed by atoms with Crippen LogP contribution in [0.1, 0.15) is 33.0 Å². The van der Waals surface area contributed by atoms with Crippen molar-refractivity contribution < 1.29 is 4.79 Å². The van der Waals surface area contributed by atoms with E-state index in [1.165, 1.54) is 0 Å². The molecule has 2 aromatic carbocycles. The monoisotopic (exact) mass is 346 g/mol. The Hall–Kier alpha value is -3.21. The Morgan fingerprint density at radius 1 is 0.846 bits per heavy atom. The third kappa shape index (κ3) is 4.06. The zero-order valence-corrected chi connectivity index (χ0v) is 15.4. The van der Waals surface area contributed by atoms with Crippen LogP contribution < -0.4 is 10.6 Å². The number of aryl methyl sites for hydroxylation is 4. The molecule has 0 atom stereocenters. The van der Waals surface area contributed by atoms with Crippen LogP contribution in [0.3, 0.4) is 0 Å². The van der Waals surface area contributed by atoms with Gasteiger partial charge in [-0.15, -0.1) is 0 Å². The molecule has 0 bridgehead atoms. The quantitative estimate of drug-likeness (QED) is 0.718. The minimum atomic E-state index is -0.254. The molecule has 0 aliphatic rings. The maximum absolute atomic E-state index is 12.6. The molecule has 2 N–H and O–H groups in total. The van der Waals surface area contributed by atoms with Gasteiger partial charge in [0.1, 0.15) is 17.3 Å². The standard InChI is InChI=1S/C21H22N4O/c1-13-9-10-18(15(3)11-13)25-21(26)19-12-20(23-16(4)22-19)24-17-8-6-5-7-14(17)2/h5-12H,1-4H3,(H,25,26)(H,22,23,24). The highest BCUT2D eigenvalue weighted by molar-refractivity contribution is 6.03. The minimum Gasteiger partial charge on any atom is -0.340 e. The lowest BCUT2D eigenvalue weighted by Crippen LogP contribution is -2.16. The molecule has 0 fully saturated rings. The molecule has 0 unspecified atom stereocenters. The van der Waals surface area contributed by atoms with Gasteiger partial charge in [0.05, 0.1) is 0 Å². The van der Waals surface area contributed by atoms with Crippen molar-refractivity contribution in [1.29, 1.82) is 0 Å². The van der Waals surface area contributed by atoms with Crippen molar-refractivity contribution in [2.75, 3.05) is 10.6 Å². The lowest BCUT2D eigenvalue weighted by molar-refractivity contribution is 0.102. The number of benzene rings is 2. The number of rotatable bonds is 4. The minimum absolute atomic E-state index is 0.254. The number of hydrogen-bond acceptors (Lipinski definition) is 4. The van der Waals surface area contributed by atoms with Gasteiger partial charge in [-0.25, -0.2) is 9.97 Å².